The topological polar surface area (TPSA) is 89.0 Å². The minimum Gasteiger partial charge on any atom is -0.497 e. The summed E-state index contributed by atoms with van der Waals surface area (Å²) in [6.45, 7) is 2.26. The summed E-state index contributed by atoms with van der Waals surface area (Å²) >= 11 is 1.30. The summed E-state index contributed by atoms with van der Waals surface area (Å²) in [7, 11) is 1.62. The maximum Gasteiger partial charge on any atom is 0.344 e. The molecule has 1 heterocycles. The molecule has 8 heteroatoms. The number of rotatable bonds is 7. The van der Waals surface area contributed by atoms with Gasteiger partial charge in [-0.3, -0.25) is 9.36 Å². The van der Waals surface area contributed by atoms with E-state index in [1.165, 1.54) is 11.8 Å². The summed E-state index contributed by atoms with van der Waals surface area (Å²) < 4.78 is 6.76. The van der Waals surface area contributed by atoms with Gasteiger partial charge in [-0.1, -0.05) is 23.9 Å². The van der Waals surface area contributed by atoms with E-state index >= 15 is 0 Å². The summed E-state index contributed by atoms with van der Waals surface area (Å²) in [6.07, 6.45) is 1.98. The molecule has 0 saturated heterocycles. The fraction of sp³-hybridized carbons (Fsp3) is 0.438. The van der Waals surface area contributed by atoms with Crippen LogP contribution in [0.25, 0.3) is 0 Å². The molecule has 1 aromatic heterocycles. The summed E-state index contributed by atoms with van der Waals surface area (Å²) in [5.41, 5.74) is 0.793. The lowest BCUT2D eigenvalue weighted by molar-refractivity contribution is -0.120. The number of carbonyl (C=O) groups excluding carboxylic acids is 1. The SMILES string of the molecule is COc1ccc(CNC(=O)C(C)Sc2n[nH]c(=O)n2C2CC2)cc1. The Bertz CT molecular complexity index is 764. The average molecular weight is 348 g/mol. The van der Waals surface area contributed by atoms with Gasteiger partial charge in [-0.2, -0.15) is 0 Å². The van der Waals surface area contributed by atoms with E-state index in [2.05, 4.69) is 15.5 Å². The first-order chi connectivity index (χ1) is 11.6. The number of methoxy groups -OCH3 is 1. The fourth-order valence-electron chi connectivity index (χ4n) is 2.32. The fourth-order valence-corrected chi connectivity index (χ4v) is 3.27. The molecule has 2 aromatic rings. The first kappa shape index (κ1) is 16.6. The van der Waals surface area contributed by atoms with E-state index in [4.69, 9.17) is 4.74 Å². The molecule has 2 N–H and O–H groups in total. The maximum absolute atomic E-state index is 12.3. The molecule has 1 atom stereocenters. The van der Waals surface area contributed by atoms with Crippen molar-refractivity contribution in [2.75, 3.05) is 7.11 Å². The van der Waals surface area contributed by atoms with Gasteiger partial charge in [-0.25, -0.2) is 9.89 Å². The third kappa shape index (κ3) is 3.81. The molecule has 1 unspecified atom stereocenters. The molecule has 1 aliphatic rings. The molecule has 24 heavy (non-hydrogen) atoms. The second-order valence-electron chi connectivity index (χ2n) is 5.74. The Labute approximate surface area is 143 Å². The van der Waals surface area contributed by atoms with Crippen LogP contribution in [0.2, 0.25) is 0 Å². The van der Waals surface area contributed by atoms with Gasteiger partial charge in [0.05, 0.1) is 12.4 Å². The van der Waals surface area contributed by atoms with Crippen LogP contribution in [-0.4, -0.2) is 33.0 Å². The quantitative estimate of drug-likeness (QED) is 0.744. The zero-order valence-electron chi connectivity index (χ0n) is 13.6. The summed E-state index contributed by atoms with van der Waals surface area (Å²) in [5.74, 6) is 0.694. The van der Waals surface area contributed by atoms with Gasteiger partial charge in [0.1, 0.15) is 5.75 Å². The van der Waals surface area contributed by atoms with Gasteiger partial charge < -0.3 is 10.1 Å². The van der Waals surface area contributed by atoms with Gasteiger partial charge in [0.2, 0.25) is 5.91 Å². The van der Waals surface area contributed by atoms with Crippen LogP contribution >= 0.6 is 11.8 Å². The Morgan fingerprint density at radius 1 is 1.46 bits per heavy atom. The number of carbonyl (C=O) groups is 1. The van der Waals surface area contributed by atoms with Crippen LogP contribution in [0, 0.1) is 0 Å². The van der Waals surface area contributed by atoms with Gasteiger partial charge in [-0.05, 0) is 37.5 Å². The molecule has 3 rings (SSSR count). The molecular formula is C16H20N4O3S. The van der Waals surface area contributed by atoms with Crippen LogP contribution in [0.3, 0.4) is 0 Å². The second-order valence-corrected chi connectivity index (χ2v) is 7.05. The molecule has 1 fully saturated rings. The zero-order valence-corrected chi connectivity index (χ0v) is 14.4. The molecule has 0 radical (unpaired) electrons. The lowest BCUT2D eigenvalue weighted by Gasteiger charge is -2.12. The number of ether oxygens (including phenoxy) is 1. The van der Waals surface area contributed by atoms with E-state index in [0.29, 0.717) is 11.7 Å². The second kappa shape index (κ2) is 7.12. The summed E-state index contributed by atoms with van der Waals surface area (Å²) in [6, 6.07) is 7.77. The van der Waals surface area contributed by atoms with Crippen molar-refractivity contribution in [1.29, 1.82) is 0 Å². The van der Waals surface area contributed by atoms with Crippen LogP contribution in [0.4, 0.5) is 0 Å². The van der Waals surface area contributed by atoms with Crippen LogP contribution in [0.15, 0.2) is 34.2 Å². The smallest absolute Gasteiger partial charge is 0.344 e. The van der Waals surface area contributed by atoms with Crippen molar-refractivity contribution < 1.29 is 9.53 Å². The van der Waals surface area contributed by atoms with E-state index in [1.807, 2.05) is 31.2 Å². The highest BCUT2D eigenvalue weighted by Gasteiger charge is 2.30. The number of aromatic amines is 1. The van der Waals surface area contributed by atoms with Gasteiger partial charge in [0.15, 0.2) is 5.16 Å². The average Bonchev–Trinajstić information content (AvgIpc) is 3.37. The first-order valence-electron chi connectivity index (χ1n) is 7.82. The minimum atomic E-state index is -0.337. The molecule has 1 saturated carbocycles. The Morgan fingerprint density at radius 2 is 2.17 bits per heavy atom. The van der Waals surface area contributed by atoms with Crippen LogP contribution in [0.1, 0.15) is 31.4 Å². The molecule has 128 valence electrons. The Balaban J connectivity index is 1.55. The van der Waals surface area contributed by atoms with E-state index in [0.717, 1.165) is 24.2 Å². The normalized spacial score (nSPS) is 15.1. The molecule has 1 aromatic carbocycles. The number of hydrogen-bond acceptors (Lipinski definition) is 5. The Kier molecular flexibility index (Phi) is 4.94. The monoisotopic (exact) mass is 348 g/mol. The van der Waals surface area contributed by atoms with Crippen molar-refractivity contribution in [3.63, 3.8) is 0 Å². The summed E-state index contributed by atoms with van der Waals surface area (Å²) in [4.78, 5) is 24.0. The van der Waals surface area contributed by atoms with Crippen molar-refractivity contribution >= 4 is 17.7 Å². The largest absolute Gasteiger partial charge is 0.497 e. The van der Waals surface area contributed by atoms with Crippen molar-refractivity contribution in [2.45, 2.75) is 42.8 Å². The van der Waals surface area contributed by atoms with Crippen LogP contribution < -0.4 is 15.7 Å². The van der Waals surface area contributed by atoms with Crippen molar-refractivity contribution in [2.24, 2.45) is 0 Å². The number of nitrogens with one attached hydrogen (secondary N) is 2. The highest BCUT2D eigenvalue weighted by atomic mass is 32.2. The van der Waals surface area contributed by atoms with Gasteiger partial charge >= 0.3 is 5.69 Å². The number of hydrogen-bond donors (Lipinski definition) is 2. The number of nitrogens with zero attached hydrogens (tertiary/aromatic N) is 2. The molecule has 0 aliphatic heterocycles. The van der Waals surface area contributed by atoms with Crippen LogP contribution in [0.5, 0.6) is 5.75 Å². The molecule has 1 aliphatic carbocycles. The lowest BCUT2D eigenvalue weighted by Crippen LogP contribution is -2.30. The zero-order chi connectivity index (χ0) is 17.1. The standard InChI is InChI=1S/C16H20N4O3S/c1-10(24-16-19-18-15(22)20(16)12-5-6-12)14(21)17-9-11-3-7-13(23-2)8-4-11/h3-4,7-8,10,12H,5-6,9H2,1-2H3,(H,17,21)(H,18,22). The van der Waals surface area contributed by atoms with E-state index < -0.39 is 0 Å². The van der Waals surface area contributed by atoms with Gasteiger partial charge in [0.25, 0.3) is 0 Å². The number of thioether (sulfide) groups is 1. The predicted molar refractivity (Wildman–Crippen MR) is 91.3 cm³/mol. The molecule has 1 amide bonds. The first-order valence-corrected chi connectivity index (χ1v) is 8.70. The Morgan fingerprint density at radius 3 is 2.79 bits per heavy atom. The molecule has 0 spiro atoms. The van der Waals surface area contributed by atoms with Gasteiger partial charge in [0, 0.05) is 12.6 Å². The number of aromatic nitrogens is 3. The lowest BCUT2D eigenvalue weighted by atomic mass is 10.2. The Hall–Kier alpha value is -2.22. The predicted octanol–water partition coefficient (Wildman–Crippen LogP) is 1.71. The molecular weight excluding hydrogens is 328 g/mol. The number of H-pyrrole nitrogens is 1. The van der Waals surface area contributed by atoms with Crippen LogP contribution in [-0.2, 0) is 11.3 Å². The number of benzene rings is 1. The molecule has 7 nitrogen and oxygen atoms in total. The maximum atomic E-state index is 12.3. The highest BCUT2D eigenvalue weighted by molar-refractivity contribution is 8.00. The van der Waals surface area contributed by atoms with Crippen molar-refractivity contribution in [1.82, 2.24) is 20.1 Å². The minimum absolute atomic E-state index is 0.0892. The third-order valence-electron chi connectivity index (χ3n) is 3.86. The highest BCUT2D eigenvalue weighted by Crippen LogP contribution is 2.36. The van der Waals surface area contributed by atoms with Crippen molar-refractivity contribution in [3.8, 4) is 5.75 Å². The third-order valence-corrected chi connectivity index (χ3v) is 4.93. The van der Waals surface area contributed by atoms with Crippen molar-refractivity contribution in [3.05, 3.63) is 40.3 Å². The van der Waals surface area contributed by atoms with Gasteiger partial charge in [-0.15, -0.1) is 5.10 Å². The molecule has 0 bridgehead atoms. The van der Waals surface area contributed by atoms with E-state index in [9.17, 15) is 9.59 Å². The van der Waals surface area contributed by atoms with E-state index in [-0.39, 0.29) is 22.9 Å². The summed E-state index contributed by atoms with van der Waals surface area (Å²) in [5, 5.41) is 9.64. The number of amides is 1. The van der Waals surface area contributed by atoms with E-state index in [1.54, 1.807) is 11.7 Å².